The number of hydrogen-bond acceptors (Lipinski definition) is 3. The predicted molar refractivity (Wildman–Crippen MR) is 63.3 cm³/mol. The zero-order valence-corrected chi connectivity index (χ0v) is 10.9. The summed E-state index contributed by atoms with van der Waals surface area (Å²) >= 11 is 0. The first kappa shape index (κ1) is 15.1. The van der Waals surface area contributed by atoms with Gasteiger partial charge >= 0.3 is 0 Å². The van der Waals surface area contributed by atoms with Crippen molar-refractivity contribution in [3.05, 3.63) is 0 Å². The van der Waals surface area contributed by atoms with E-state index in [1.807, 2.05) is 6.92 Å². The van der Waals surface area contributed by atoms with Gasteiger partial charge in [0.1, 0.15) is 0 Å². The Hall–Kier alpha value is 0.120. The molecule has 0 aromatic rings. The number of rotatable bonds is 3. The van der Waals surface area contributed by atoms with Crippen molar-refractivity contribution in [2.45, 2.75) is 25.8 Å². The van der Waals surface area contributed by atoms with E-state index in [0.29, 0.717) is 19.6 Å². The lowest BCUT2D eigenvalue weighted by atomic mass is 10.1. The van der Waals surface area contributed by atoms with Crippen LogP contribution >= 0.6 is 12.4 Å². The van der Waals surface area contributed by atoms with E-state index in [2.05, 4.69) is 0 Å². The quantitative estimate of drug-likeness (QED) is 0.776. The zero-order valence-electron chi connectivity index (χ0n) is 9.22. The highest BCUT2D eigenvalue weighted by molar-refractivity contribution is 7.86. The van der Waals surface area contributed by atoms with Crippen LogP contribution in [0, 0.1) is 0 Å². The number of hydrogen-bond donors (Lipinski definition) is 1. The summed E-state index contributed by atoms with van der Waals surface area (Å²) in [4.78, 5) is 0. The molecule has 0 saturated carbocycles. The van der Waals surface area contributed by atoms with Crippen LogP contribution in [0.15, 0.2) is 0 Å². The van der Waals surface area contributed by atoms with E-state index in [9.17, 15) is 8.42 Å². The Bertz CT molecular complexity index is 284. The summed E-state index contributed by atoms with van der Waals surface area (Å²) < 4.78 is 26.5. The smallest absolute Gasteiger partial charge is 0.281 e. The van der Waals surface area contributed by atoms with E-state index in [-0.39, 0.29) is 18.4 Å². The van der Waals surface area contributed by atoms with Gasteiger partial charge in [0.2, 0.25) is 0 Å². The minimum Gasteiger partial charge on any atom is -0.327 e. The van der Waals surface area contributed by atoms with Gasteiger partial charge in [0.15, 0.2) is 0 Å². The summed E-state index contributed by atoms with van der Waals surface area (Å²) in [7, 11) is -1.67. The molecule has 1 aliphatic rings. The molecule has 1 aliphatic heterocycles. The van der Waals surface area contributed by atoms with Gasteiger partial charge in [0.05, 0.1) is 0 Å². The normalized spacial score (nSPS) is 23.9. The Balaban J connectivity index is 0.00000196. The van der Waals surface area contributed by atoms with Gasteiger partial charge in [0.25, 0.3) is 10.2 Å². The Morgan fingerprint density at radius 3 is 2.60 bits per heavy atom. The molecule has 1 fully saturated rings. The van der Waals surface area contributed by atoms with Crippen molar-refractivity contribution in [3.8, 4) is 0 Å². The second kappa shape index (κ2) is 6.00. The Labute approximate surface area is 98.2 Å². The van der Waals surface area contributed by atoms with Gasteiger partial charge in [-0.1, -0.05) is 6.92 Å². The van der Waals surface area contributed by atoms with Crippen LogP contribution in [0.25, 0.3) is 0 Å². The molecule has 2 N–H and O–H groups in total. The van der Waals surface area contributed by atoms with Gasteiger partial charge in [-0.2, -0.15) is 17.0 Å². The van der Waals surface area contributed by atoms with E-state index < -0.39 is 10.2 Å². The molecule has 0 radical (unpaired) electrons. The van der Waals surface area contributed by atoms with E-state index in [1.165, 1.54) is 8.61 Å². The van der Waals surface area contributed by atoms with E-state index in [1.54, 1.807) is 7.05 Å². The number of nitrogens with zero attached hydrogens (tertiary/aromatic N) is 2. The maximum absolute atomic E-state index is 11.9. The fraction of sp³-hybridized carbons (Fsp3) is 1.00. The molecule has 0 bridgehead atoms. The number of halogens is 1. The van der Waals surface area contributed by atoms with Crippen molar-refractivity contribution in [2.75, 3.05) is 26.7 Å². The molecular formula is C8H20ClN3O2S. The summed E-state index contributed by atoms with van der Waals surface area (Å²) in [6.45, 7) is 3.36. The van der Waals surface area contributed by atoms with Crippen LogP contribution in [0.4, 0.5) is 0 Å². The van der Waals surface area contributed by atoms with Crippen LogP contribution in [-0.2, 0) is 10.2 Å². The van der Waals surface area contributed by atoms with Crippen molar-refractivity contribution in [3.63, 3.8) is 0 Å². The highest BCUT2D eigenvalue weighted by atomic mass is 35.5. The van der Waals surface area contributed by atoms with Crippen LogP contribution in [0.5, 0.6) is 0 Å². The van der Waals surface area contributed by atoms with Gasteiger partial charge in [-0.3, -0.25) is 0 Å². The molecule has 0 unspecified atom stereocenters. The summed E-state index contributed by atoms with van der Waals surface area (Å²) in [6.07, 6.45) is 1.78. The molecule has 5 nitrogen and oxygen atoms in total. The molecule has 0 aromatic heterocycles. The van der Waals surface area contributed by atoms with Gasteiger partial charge in [-0.15, -0.1) is 12.4 Å². The Kier molecular flexibility index (Phi) is 6.05. The first-order valence-corrected chi connectivity index (χ1v) is 6.35. The molecule has 1 saturated heterocycles. The third-order valence-electron chi connectivity index (χ3n) is 2.59. The lowest BCUT2D eigenvalue weighted by molar-refractivity contribution is 0.294. The highest BCUT2D eigenvalue weighted by Gasteiger charge is 2.29. The van der Waals surface area contributed by atoms with Crippen molar-refractivity contribution in [1.29, 1.82) is 0 Å². The molecule has 15 heavy (non-hydrogen) atoms. The standard InChI is InChI=1S/C8H19N3O2S.ClH/c1-3-10(2)14(12,13)11-6-4-5-8(9)7-11;/h8H,3-7,9H2,1-2H3;1H/t8-;/m1./s1. The van der Waals surface area contributed by atoms with Crippen LogP contribution in [-0.4, -0.2) is 49.8 Å². The number of piperidine rings is 1. The fourth-order valence-corrected chi connectivity index (χ4v) is 3.00. The third-order valence-corrected chi connectivity index (χ3v) is 4.62. The summed E-state index contributed by atoms with van der Waals surface area (Å²) in [5.41, 5.74) is 5.74. The maximum atomic E-state index is 11.9. The molecule has 1 rings (SSSR count). The first-order valence-electron chi connectivity index (χ1n) is 4.95. The molecule has 92 valence electrons. The molecule has 7 heteroatoms. The molecule has 0 amide bonds. The van der Waals surface area contributed by atoms with Gasteiger partial charge < -0.3 is 5.73 Å². The van der Waals surface area contributed by atoms with Gasteiger partial charge in [-0.25, -0.2) is 0 Å². The maximum Gasteiger partial charge on any atom is 0.281 e. The summed E-state index contributed by atoms with van der Waals surface area (Å²) in [5, 5.41) is 0. The van der Waals surface area contributed by atoms with Crippen LogP contribution < -0.4 is 5.73 Å². The van der Waals surface area contributed by atoms with Gasteiger partial charge in [-0.05, 0) is 12.8 Å². The summed E-state index contributed by atoms with van der Waals surface area (Å²) in [5.74, 6) is 0. The van der Waals surface area contributed by atoms with Crippen molar-refractivity contribution < 1.29 is 8.42 Å². The van der Waals surface area contributed by atoms with E-state index in [0.717, 1.165) is 12.8 Å². The minimum atomic E-state index is -3.26. The Morgan fingerprint density at radius 2 is 2.13 bits per heavy atom. The molecule has 1 atom stereocenters. The third kappa shape index (κ3) is 3.57. The molecule has 0 aliphatic carbocycles. The van der Waals surface area contributed by atoms with Crippen LogP contribution in [0.2, 0.25) is 0 Å². The van der Waals surface area contributed by atoms with Crippen molar-refractivity contribution in [2.24, 2.45) is 5.73 Å². The van der Waals surface area contributed by atoms with E-state index in [4.69, 9.17) is 5.73 Å². The topological polar surface area (TPSA) is 66.6 Å². The molecule has 1 heterocycles. The Morgan fingerprint density at radius 1 is 1.53 bits per heavy atom. The first-order chi connectivity index (χ1) is 6.48. The molecule has 0 spiro atoms. The lowest BCUT2D eigenvalue weighted by Crippen LogP contribution is -2.50. The van der Waals surface area contributed by atoms with E-state index >= 15 is 0 Å². The number of nitrogens with two attached hydrogens (primary N) is 1. The fourth-order valence-electron chi connectivity index (χ4n) is 1.54. The monoisotopic (exact) mass is 257 g/mol. The van der Waals surface area contributed by atoms with Crippen LogP contribution in [0.3, 0.4) is 0 Å². The van der Waals surface area contributed by atoms with Crippen LogP contribution in [0.1, 0.15) is 19.8 Å². The van der Waals surface area contributed by atoms with Gasteiger partial charge in [0, 0.05) is 32.7 Å². The van der Waals surface area contributed by atoms with Crippen molar-refractivity contribution >= 4 is 22.6 Å². The second-order valence-corrected chi connectivity index (χ2v) is 5.72. The zero-order chi connectivity index (χ0) is 10.8. The SMILES string of the molecule is CCN(C)S(=O)(=O)N1CCC[C@@H](N)C1.Cl. The average molecular weight is 258 g/mol. The summed E-state index contributed by atoms with van der Waals surface area (Å²) in [6, 6.07) is -0.0104. The largest absolute Gasteiger partial charge is 0.327 e. The predicted octanol–water partition coefficient (Wildman–Crippen LogP) is 0.0278. The lowest BCUT2D eigenvalue weighted by Gasteiger charge is -2.32. The highest BCUT2D eigenvalue weighted by Crippen LogP contribution is 2.14. The second-order valence-electron chi connectivity index (χ2n) is 3.68. The van der Waals surface area contributed by atoms with Crippen molar-refractivity contribution in [1.82, 2.24) is 8.61 Å². The minimum absolute atomic E-state index is 0. The average Bonchev–Trinajstić information content (AvgIpc) is 2.16. The molecule has 0 aromatic carbocycles. The molecular weight excluding hydrogens is 238 g/mol.